The predicted octanol–water partition coefficient (Wildman–Crippen LogP) is 5.42. The molecule has 2 heterocycles. The number of carbonyl (C=O) groups is 2. The first-order valence-electron chi connectivity index (χ1n) is 15.3. The van der Waals surface area contributed by atoms with Crippen molar-refractivity contribution < 1.29 is 14.7 Å². The van der Waals surface area contributed by atoms with Crippen molar-refractivity contribution in [1.82, 2.24) is 20.4 Å². The van der Waals surface area contributed by atoms with E-state index in [0.717, 1.165) is 46.7 Å². The first-order valence-corrected chi connectivity index (χ1v) is 15.3. The van der Waals surface area contributed by atoms with E-state index in [2.05, 4.69) is 64.0 Å². The van der Waals surface area contributed by atoms with Gasteiger partial charge in [-0.3, -0.25) is 14.7 Å². The van der Waals surface area contributed by atoms with Crippen LogP contribution < -0.4 is 10.2 Å². The van der Waals surface area contributed by atoms with Gasteiger partial charge in [-0.25, -0.2) is 0 Å². The minimum atomic E-state index is -0.304. The molecule has 0 radical (unpaired) electrons. The quantitative estimate of drug-likeness (QED) is 0.203. The van der Waals surface area contributed by atoms with Crippen molar-refractivity contribution in [3.8, 4) is 16.9 Å². The molecule has 4 aromatic rings. The molecule has 226 valence electrons. The highest BCUT2D eigenvalue weighted by Crippen LogP contribution is 2.39. The van der Waals surface area contributed by atoms with Crippen molar-refractivity contribution in [3.05, 3.63) is 113 Å². The maximum Gasteiger partial charge on any atom is 0.255 e. The molecule has 6 rings (SSSR count). The van der Waals surface area contributed by atoms with Gasteiger partial charge in [-0.2, -0.15) is 5.10 Å². The normalized spacial score (nSPS) is 15.1. The topological polar surface area (TPSA) is 102 Å². The fourth-order valence-electron chi connectivity index (χ4n) is 5.86. The Morgan fingerprint density at radius 1 is 1.07 bits per heavy atom. The van der Waals surface area contributed by atoms with E-state index in [4.69, 9.17) is 0 Å². The number of aromatic nitrogens is 2. The van der Waals surface area contributed by atoms with E-state index in [9.17, 15) is 14.7 Å². The molecule has 1 atom stereocenters. The standard InChI is InChI=1S/C36H39N5O3/c1-40(2)17-6-11-35(43)41-18-16-28-20-27(14-15-33(28)41)25-7-5-8-26(19-25)29(21-30-22-32(39-38-30)24-12-13-24)23-37-36(44)31-9-3-4-10-34(31)42/h3-11,14-15,19-20,22,24,29,42H,12-13,16-18,21,23H2,1-2H3,(H,37,44)(H,38,39)/b11-6+. The van der Waals surface area contributed by atoms with E-state index in [0.29, 0.717) is 25.4 Å². The molecule has 2 aliphatic rings. The third kappa shape index (κ3) is 6.76. The molecule has 3 N–H and O–H groups in total. The third-order valence-electron chi connectivity index (χ3n) is 8.43. The summed E-state index contributed by atoms with van der Waals surface area (Å²) < 4.78 is 0. The minimum absolute atomic E-state index is 0.0118. The zero-order chi connectivity index (χ0) is 30.6. The molecule has 8 heteroatoms. The van der Waals surface area contributed by atoms with Crippen LogP contribution in [0.3, 0.4) is 0 Å². The van der Waals surface area contributed by atoms with Gasteiger partial charge >= 0.3 is 0 Å². The van der Waals surface area contributed by atoms with E-state index < -0.39 is 0 Å². The Kier molecular flexibility index (Phi) is 8.61. The van der Waals surface area contributed by atoms with Gasteiger partial charge in [-0.1, -0.05) is 48.5 Å². The zero-order valence-electron chi connectivity index (χ0n) is 25.3. The number of rotatable bonds is 11. The molecule has 1 aliphatic heterocycles. The second-order valence-electron chi connectivity index (χ2n) is 12.1. The second-order valence-corrected chi connectivity index (χ2v) is 12.1. The van der Waals surface area contributed by atoms with Crippen LogP contribution in [0.1, 0.15) is 57.6 Å². The molecule has 0 spiro atoms. The summed E-state index contributed by atoms with van der Waals surface area (Å²) in [5.74, 6) is 0.212. The molecule has 1 saturated carbocycles. The molecule has 0 bridgehead atoms. The number of amides is 2. The number of anilines is 1. The van der Waals surface area contributed by atoms with Crippen molar-refractivity contribution in [2.75, 3.05) is 38.6 Å². The highest BCUT2D eigenvalue weighted by Gasteiger charge is 2.27. The largest absolute Gasteiger partial charge is 0.507 e. The lowest BCUT2D eigenvalue weighted by atomic mass is 9.90. The number of phenols is 1. The molecule has 1 aliphatic carbocycles. The van der Waals surface area contributed by atoms with Gasteiger partial charge in [0.2, 0.25) is 0 Å². The molecule has 1 aromatic heterocycles. The maximum absolute atomic E-state index is 13.0. The summed E-state index contributed by atoms with van der Waals surface area (Å²) in [7, 11) is 3.96. The number of likely N-dealkylation sites (N-methyl/N-ethyl adjacent to an activating group) is 1. The van der Waals surface area contributed by atoms with Crippen molar-refractivity contribution in [3.63, 3.8) is 0 Å². The molecule has 44 heavy (non-hydrogen) atoms. The lowest BCUT2D eigenvalue weighted by Gasteiger charge is -2.19. The number of H-pyrrole nitrogens is 1. The summed E-state index contributed by atoms with van der Waals surface area (Å²) in [5.41, 5.74) is 7.84. The summed E-state index contributed by atoms with van der Waals surface area (Å²) in [6, 6.07) is 23.5. The summed E-state index contributed by atoms with van der Waals surface area (Å²) in [6.45, 7) is 1.80. The van der Waals surface area contributed by atoms with Crippen molar-refractivity contribution in [2.24, 2.45) is 0 Å². The lowest BCUT2D eigenvalue weighted by molar-refractivity contribution is -0.114. The Morgan fingerprint density at radius 2 is 1.89 bits per heavy atom. The van der Waals surface area contributed by atoms with E-state index >= 15 is 0 Å². The third-order valence-corrected chi connectivity index (χ3v) is 8.43. The fraction of sp³-hybridized carbons (Fsp3) is 0.306. The van der Waals surface area contributed by atoms with Crippen LogP contribution in [0.4, 0.5) is 5.69 Å². The van der Waals surface area contributed by atoms with Crippen LogP contribution in [0.15, 0.2) is 84.9 Å². The Bertz CT molecular complexity index is 1690. The molecular formula is C36H39N5O3. The smallest absolute Gasteiger partial charge is 0.255 e. The molecule has 3 aromatic carbocycles. The van der Waals surface area contributed by atoms with Crippen LogP contribution in [0.25, 0.3) is 11.1 Å². The van der Waals surface area contributed by atoms with Gasteiger partial charge in [0.25, 0.3) is 11.8 Å². The van der Waals surface area contributed by atoms with Gasteiger partial charge in [0.15, 0.2) is 0 Å². The van der Waals surface area contributed by atoms with Crippen LogP contribution >= 0.6 is 0 Å². The minimum Gasteiger partial charge on any atom is -0.507 e. The SMILES string of the molecule is CN(C)C/C=C/C(=O)N1CCc2cc(-c3cccc(C(CNC(=O)c4ccccc4O)Cc4cc(C5CC5)n[nH]4)c3)ccc21. The number of aromatic hydroxyl groups is 1. The number of fused-ring (bicyclic) bond motifs is 1. The van der Waals surface area contributed by atoms with Gasteiger partial charge in [0.1, 0.15) is 5.75 Å². The van der Waals surface area contributed by atoms with Crippen molar-refractivity contribution >= 4 is 17.5 Å². The average molecular weight is 590 g/mol. The van der Waals surface area contributed by atoms with E-state index in [1.165, 1.54) is 24.5 Å². The molecular weight excluding hydrogens is 550 g/mol. The van der Waals surface area contributed by atoms with Gasteiger partial charge in [0.05, 0.1) is 11.3 Å². The number of phenolic OH excluding ortho intramolecular Hbond substituents is 1. The summed E-state index contributed by atoms with van der Waals surface area (Å²) in [4.78, 5) is 29.7. The van der Waals surface area contributed by atoms with Crippen LogP contribution in [-0.4, -0.2) is 65.7 Å². The average Bonchev–Trinajstić information content (AvgIpc) is 3.62. The number of hydrogen-bond donors (Lipinski definition) is 3. The van der Waals surface area contributed by atoms with Crippen LogP contribution in [0.5, 0.6) is 5.75 Å². The number of benzene rings is 3. The number of carbonyl (C=O) groups excluding carboxylic acids is 2. The summed E-state index contributed by atoms with van der Waals surface area (Å²) in [6.07, 6.45) is 7.45. The van der Waals surface area contributed by atoms with E-state index in [1.807, 2.05) is 30.0 Å². The van der Waals surface area contributed by atoms with Crippen LogP contribution in [0, 0.1) is 0 Å². The highest BCUT2D eigenvalue weighted by molar-refractivity contribution is 6.03. The summed E-state index contributed by atoms with van der Waals surface area (Å²) in [5, 5.41) is 21.0. The van der Waals surface area contributed by atoms with Gasteiger partial charge in [-0.15, -0.1) is 0 Å². The number of nitrogens with zero attached hydrogens (tertiary/aromatic N) is 3. The Hall–Kier alpha value is -4.69. The van der Waals surface area contributed by atoms with E-state index in [1.54, 1.807) is 24.3 Å². The Morgan fingerprint density at radius 3 is 2.68 bits per heavy atom. The first kappa shape index (κ1) is 29.4. The molecule has 8 nitrogen and oxygen atoms in total. The highest BCUT2D eigenvalue weighted by atomic mass is 16.3. The molecule has 2 amide bonds. The lowest BCUT2D eigenvalue weighted by Crippen LogP contribution is -2.29. The predicted molar refractivity (Wildman–Crippen MR) is 173 cm³/mol. The summed E-state index contributed by atoms with van der Waals surface area (Å²) >= 11 is 0. The van der Waals surface area contributed by atoms with Gasteiger partial charge in [0, 0.05) is 48.9 Å². The van der Waals surface area contributed by atoms with Gasteiger partial charge < -0.3 is 20.2 Å². The number of para-hydroxylation sites is 1. The van der Waals surface area contributed by atoms with Gasteiger partial charge in [-0.05, 0) is 92.4 Å². The van der Waals surface area contributed by atoms with Crippen LogP contribution in [0.2, 0.25) is 0 Å². The Labute approximate surface area is 258 Å². The molecule has 0 saturated heterocycles. The number of hydrogen-bond acceptors (Lipinski definition) is 5. The van der Waals surface area contributed by atoms with Crippen LogP contribution in [-0.2, 0) is 17.6 Å². The number of nitrogens with one attached hydrogen (secondary N) is 2. The fourth-order valence-corrected chi connectivity index (χ4v) is 5.86. The maximum atomic E-state index is 13.0. The first-order chi connectivity index (χ1) is 21.4. The van der Waals surface area contributed by atoms with Crippen molar-refractivity contribution in [2.45, 2.75) is 37.5 Å². The monoisotopic (exact) mass is 589 g/mol. The molecule has 1 unspecified atom stereocenters. The zero-order valence-corrected chi connectivity index (χ0v) is 25.3. The van der Waals surface area contributed by atoms with Crippen molar-refractivity contribution in [1.29, 1.82) is 0 Å². The molecule has 1 fully saturated rings. The Balaban J connectivity index is 1.22. The van der Waals surface area contributed by atoms with E-state index in [-0.39, 0.29) is 29.0 Å². The number of aromatic amines is 1. The second kappa shape index (κ2) is 12.9.